The third-order valence-electron chi connectivity index (χ3n) is 3.34. The molecule has 2 N–H and O–H groups in total. The molecule has 1 atom stereocenters. The summed E-state index contributed by atoms with van der Waals surface area (Å²) in [5.41, 5.74) is 1.25. The van der Waals surface area contributed by atoms with E-state index in [9.17, 15) is 13.5 Å². The first-order valence-electron chi connectivity index (χ1n) is 6.31. The maximum Gasteiger partial charge on any atom is 0.302 e. The van der Waals surface area contributed by atoms with Gasteiger partial charge in [0.25, 0.3) is 0 Å². The Bertz CT molecular complexity index is 762. The average Bonchev–Trinajstić information content (AvgIpc) is 2.75. The maximum atomic E-state index is 12.2. The molecule has 0 unspecified atom stereocenters. The largest absolute Gasteiger partial charge is 0.508 e. The van der Waals surface area contributed by atoms with Crippen LogP contribution < -0.4 is 9.03 Å². The lowest BCUT2D eigenvalue weighted by Gasteiger charge is -2.24. The highest BCUT2D eigenvalue weighted by Gasteiger charge is 2.38. The molecule has 7 heteroatoms. The molecule has 2 aromatic carbocycles. The van der Waals surface area contributed by atoms with E-state index in [0.717, 1.165) is 5.56 Å². The predicted molar refractivity (Wildman–Crippen MR) is 81.7 cm³/mol. The van der Waals surface area contributed by atoms with Crippen molar-refractivity contribution in [3.05, 3.63) is 59.1 Å². The molecule has 0 bridgehead atoms. The summed E-state index contributed by atoms with van der Waals surface area (Å²) in [5, 5.41) is 10.1. The van der Waals surface area contributed by atoms with Crippen LogP contribution in [0.2, 0.25) is 5.02 Å². The second-order valence-electron chi connectivity index (χ2n) is 4.74. The zero-order valence-electron chi connectivity index (χ0n) is 10.9. The van der Waals surface area contributed by atoms with Crippen LogP contribution in [0.5, 0.6) is 5.75 Å². The van der Waals surface area contributed by atoms with Crippen LogP contribution in [0.15, 0.2) is 48.5 Å². The van der Waals surface area contributed by atoms with Crippen molar-refractivity contribution in [1.29, 1.82) is 0 Å². The van der Waals surface area contributed by atoms with E-state index in [0.29, 0.717) is 10.7 Å². The Balaban J connectivity index is 2.06. The normalized spacial score (nSPS) is 20.6. The Morgan fingerprint density at radius 3 is 2.57 bits per heavy atom. The van der Waals surface area contributed by atoms with E-state index in [1.165, 1.54) is 4.31 Å². The van der Waals surface area contributed by atoms with Crippen molar-refractivity contribution in [2.24, 2.45) is 0 Å². The minimum Gasteiger partial charge on any atom is -0.508 e. The first-order chi connectivity index (χ1) is 9.97. The molecule has 0 radical (unpaired) electrons. The minimum absolute atomic E-state index is 0.104. The molecule has 5 nitrogen and oxygen atoms in total. The van der Waals surface area contributed by atoms with Gasteiger partial charge in [0.15, 0.2) is 0 Å². The Morgan fingerprint density at radius 2 is 1.90 bits per heavy atom. The van der Waals surface area contributed by atoms with Crippen LogP contribution in [-0.4, -0.2) is 20.1 Å². The lowest BCUT2D eigenvalue weighted by atomic mass is 10.1. The number of anilines is 1. The molecular weight excluding hydrogens is 312 g/mol. The Kier molecular flexibility index (Phi) is 3.52. The van der Waals surface area contributed by atoms with E-state index < -0.39 is 16.3 Å². The lowest BCUT2D eigenvalue weighted by molar-refractivity contribution is 0.474. The van der Waals surface area contributed by atoms with Gasteiger partial charge in [-0.3, -0.25) is 0 Å². The van der Waals surface area contributed by atoms with Gasteiger partial charge in [-0.05, 0) is 42.0 Å². The third kappa shape index (κ3) is 2.70. The standard InChI is InChI=1S/C14H13ClN2O3S/c15-11-4-6-12(7-5-11)17-14(9-16-21(17,19)20)10-2-1-3-13(18)8-10/h1-8,14,16,18H,9H2/t14-/m1/s1. The molecule has 0 amide bonds. The molecule has 0 aliphatic carbocycles. The van der Waals surface area contributed by atoms with Gasteiger partial charge in [0, 0.05) is 11.6 Å². The highest BCUT2D eigenvalue weighted by molar-refractivity contribution is 7.91. The third-order valence-corrected chi connectivity index (χ3v) is 5.10. The van der Waals surface area contributed by atoms with E-state index in [2.05, 4.69) is 4.72 Å². The zero-order chi connectivity index (χ0) is 15.0. The number of phenols is 1. The Morgan fingerprint density at radius 1 is 1.19 bits per heavy atom. The Labute approximate surface area is 128 Å². The first kappa shape index (κ1) is 14.2. The molecule has 0 saturated carbocycles. The summed E-state index contributed by atoms with van der Waals surface area (Å²) < 4.78 is 28.3. The molecule has 1 fully saturated rings. The van der Waals surface area contributed by atoms with Crippen molar-refractivity contribution in [2.75, 3.05) is 10.8 Å². The molecule has 0 spiro atoms. The topological polar surface area (TPSA) is 69.6 Å². The number of benzene rings is 2. The molecular formula is C14H13ClN2O3S. The van der Waals surface area contributed by atoms with Crippen molar-refractivity contribution in [3.63, 3.8) is 0 Å². The van der Waals surface area contributed by atoms with E-state index >= 15 is 0 Å². The van der Waals surface area contributed by atoms with Crippen LogP contribution in [0.1, 0.15) is 11.6 Å². The molecule has 1 aliphatic rings. The number of hydrogen-bond acceptors (Lipinski definition) is 3. The second-order valence-corrected chi connectivity index (χ2v) is 6.81. The van der Waals surface area contributed by atoms with Crippen molar-refractivity contribution < 1.29 is 13.5 Å². The second kappa shape index (κ2) is 5.22. The lowest BCUT2D eigenvalue weighted by Crippen LogP contribution is -2.30. The molecule has 1 heterocycles. The fraction of sp³-hybridized carbons (Fsp3) is 0.143. The highest BCUT2D eigenvalue weighted by atomic mass is 35.5. The SMILES string of the molecule is O=S1(=O)NC[C@H](c2cccc(O)c2)N1c1ccc(Cl)cc1. The predicted octanol–water partition coefficient (Wildman–Crippen LogP) is 2.44. The molecule has 3 rings (SSSR count). The fourth-order valence-electron chi connectivity index (χ4n) is 2.40. The maximum absolute atomic E-state index is 12.2. The number of halogens is 1. The van der Waals surface area contributed by atoms with E-state index in [-0.39, 0.29) is 12.3 Å². The number of aromatic hydroxyl groups is 1. The zero-order valence-corrected chi connectivity index (χ0v) is 12.5. The number of rotatable bonds is 2. The summed E-state index contributed by atoms with van der Waals surface area (Å²) in [7, 11) is -3.60. The van der Waals surface area contributed by atoms with Gasteiger partial charge in [-0.1, -0.05) is 23.7 Å². The summed E-state index contributed by atoms with van der Waals surface area (Å²) in [6.07, 6.45) is 0. The number of phenolic OH excluding ortho intramolecular Hbond substituents is 1. The quantitative estimate of drug-likeness (QED) is 0.891. The van der Waals surface area contributed by atoms with Gasteiger partial charge >= 0.3 is 10.2 Å². The molecule has 1 saturated heterocycles. The van der Waals surface area contributed by atoms with E-state index in [1.807, 2.05) is 0 Å². The summed E-state index contributed by atoms with van der Waals surface area (Å²) in [6, 6.07) is 12.8. The number of hydrogen-bond donors (Lipinski definition) is 2. The fourth-order valence-corrected chi connectivity index (χ4v) is 3.96. The van der Waals surface area contributed by atoms with Crippen molar-refractivity contribution in [1.82, 2.24) is 4.72 Å². The van der Waals surface area contributed by atoms with Gasteiger partial charge < -0.3 is 5.11 Å². The summed E-state index contributed by atoms with van der Waals surface area (Å²) >= 11 is 5.85. The Hall–Kier alpha value is -1.76. The number of nitrogens with zero attached hydrogens (tertiary/aromatic N) is 1. The van der Waals surface area contributed by atoms with E-state index in [4.69, 9.17) is 11.6 Å². The van der Waals surface area contributed by atoms with Crippen molar-refractivity contribution in [3.8, 4) is 5.75 Å². The van der Waals surface area contributed by atoms with Crippen LogP contribution in [0.3, 0.4) is 0 Å². The molecule has 0 aromatic heterocycles. The smallest absolute Gasteiger partial charge is 0.302 e. The molecule has 1 aliphatic heterocycles. The van der Waals surface area contributed by atoms with Crippen LogP contribution in [-0.2, 0) is 10.2 Å². The van der Waals surface area contributed by atoms with Gasteiger partial charge in [0.1, 0.15) is 5.75 Å². The van der Waals surface area contributed by atoms with Crippen LogP contribution in [0, 0.1) is 0 Å². The first-order valence-corrected chi connectivity index (χ1v) is 8.13. The monoisotopic (exact) mass is 324 g/mol. The summed E-state index contributed by atoms with van der Waals surface area (Å²) in [5.74, 6) is 0.104. The van der Waals surface area contributed by atoms with Gasteiger partial charge in [0.05, 0.1) is 11.7 Å². The van der Waals surface area contributed by atoms with Crippen molar-refractivity contribution >= 4 is 27.5 Å². The molecule has 110 valence electrons. The van der Waals surface area contributed by atoms with E-state index in [1.54, 1.807) is 48.5 Å². The summed E-state index contributed by atoms with van der Waals surface area (Å²) in [4.78, 5) is 0. The van der Waals surface area contributed by atoms with Gasteiger partial charge in [-0.15, -0.1) is 0 Å². The molecule has 21 heavy (non-hydrogen) atoms. The van der Waals surface area contributed by atoms with Gasteiger partial charge in [-0.2, -0.15) is 13.1 Å². The summed E-state index contributed by atoms with van der Waals surface area (Å²) in [6.45, 7) is 0.244. The minimum atomic E-state index is -3.60. The van der Waals surface area contributed by atoms with Crippen LogP contribution in [0.4, 0.5) is 5.69 Å². The van der Waals surface area contributed by atoms with Crippen molar-refractivity contribution in [2.45, 2.75) is 6.04 Å². The van der Waals surface area contributed by atoms with Gasteiger partial charge in [0.2, 0.25) is 0 Å². The van der Waals surface area contributed by atoms with Crippen LogP contribution >= 0.6 is 11.6 Å². The average molecular weight is 325 g/mol. The molecule has 2 aromatic rings. The van der Waals surface area contributed by atoms with Gasteiger partial charge in [-0.25, -0.2) is 4.31 Å². The van der Waals surface area contributed by atoms with Crippen LogP contribution in [0.25, 0.3) is 0 Å². The highest BCUT2D eigenvalue weighted by Crippen LogP contribution is 2.34. The number of nitrogens with one attached hydrogen (secondary N) is 1.